The zero-order chi connectivity index (χ0) is 16.2. The van der Waals surface area contributed by atoms with E-state index < -0.39 is 35.6 Å². The number of amides is 1. The van der Waals surface area contributed by atoms with Crippen molar-refractivity contribution in [3.05, 3.63) is 28.8 Å². The highest BCUT2D eigenvalue weighted by atomic mass is 35.5. The van der Waals surface area contributed by atoms with E-state index in [4.69, 9.17) is 16.3 Å². The van der Waals surface area contributed by atoms with Crippen molar-refractivity contribution in [1.82, 2.24) is 0 Å². The van der Waals surface area contributed by atoms with Gasteiger partial charge in [-0.15, -0.1) is 0 Å². The van der Waals surface area contributed by atoms with Crippen LogP contribution in [-0.2, 0) is 19.7 Å². The van der Waals surface area contributed by atoms with Crippen LogP contribution in [0.25, 0.3) is 0 Å². The number of hydrogen-bond acceptors (Lipinski definition) is 3. The van der Waals surface area contributed by atoms with Crippen molar-refractivity contribution in [3.63, 3.8) is 0 Å². The molecule has 0 aromatic heterocycles. The van der Waals surface area contributed by atoms with Crippen molar-refractivity contribution in [2.75, 3.05) is 18.6 Å². The third kappa shape index (κ3) is 1.67. The van der Waals surface area contributed by atoms with Gasteiger partial charge in [0.05, 0.1) is 34.6 Å². The number of alkyl halides is 2. The molecule has 1 saturated carbocycles. The molecule has 1 spiro atoms. The van der Waals surface area contributed by atoms with Crippen LogP contribution in [-0.4, -0.2) is 32.0 Å². The number of rotatable bonds is 3. The summed E-state index contributed by atoms with van der Waals surface area (Å²) >= 11 is 6.10. The first-order chi connectivity index (χ1) is 10.4. The maximum atomic E-state index is 13.5. The minimum absolute atomic E-state index is 0.0772. The van der Waals surface area contributed by atoms with E-state index >= 15 is 0 Å². The Morgan fingerprint density at radius 1 is 1.50 bits per heavy atom. The van der Waals surface area contributed by atoms with E-state index in [0.717, 1.165) is 0 Å². The molecule has 3 rings (SSSR count). The fraction of sp³-hybridized carbons (Fsp3) is 0.467. The largest absolute Gasteiger partial charge is 0.466 e. The number of likely N-dealkylation sites (N-methyl/N-ethyl adjacent to an activating group) is 1. The van der Waals surface area contributed by atoms with Gasteiger partial charge in [-0.25, -0.2) is 8.78 Å². The highest BCUT2D eigenvalue weighted by Crippen LogP contribution is 2.68. The lowest BCUT2D eigenvalue weighted by Crippen LogP contribution is -2.32. The summed E-state index contributed by atoms with van der Waals surface area (Å²) in [5.41, 5.74) is -0.766. The van der Waals surface area contributed by atoms with Crippen LogP contribution in [0.2, 0.25) is 5.02 Å². The molecule has 1 fully saturated rings. The van der Waals surface area contributed by atoms with Crippen LogP contribution in [0.4, 0.5) is 14.5 Å². The van der Waals surface area contributed by atoms with Gasteiger partial charge in [0, 0.05) is 7.05 Å². The molecular weight excluding hydrogens is 316 g/mol. The van der Waals surface area contributed by atoms with E-state index in [1.807, 2.05) is 0 Å². The summed E-state index contributed by atoms with van der Waals surface area (Å²) in [6, 6.07) is 4.76. The van der Waals surface area contributed by atoms with Crippen molar-refractivity contribution in [3.8, 4) is 0 Å². The number of carbonyl (C=O) groups excluding carboxylic acids is 2. The molecule has 118 valence electrons. The van der Waals surface area contributed by atoms with E-state index in [1.54, 1.807) is 25.1 Å². The molecule has 22 heavy (non-hydrogen) atoms. The summed E-state index contributed by atoms with van der Waals surface area (Å²) in [4.78, 5) is 26.0. The summed E-state index contributed by atoms with van der Waals surface area (Å²) in [5.74, 6) is -3.83. The second-order valence-electron chi connectivity index (χ2n) is 5.46. The van der Waals surface area contributed by atoms with Crippen LogP contribution in [0.1, 0.15) is 12.5 Å². The fourth-order valence-corrected chi connectivity index (χ4v) is 3.93. The van der Waals surface area contributed by atoms with Crippen molar-refractivity contribution in [2.45, 2.75) is 18.8 Å². The molecule has 0 bridgehead atoms. The number of ether oxygens (including phenoxy) is 1. The van der Waals surface area contributed by atoms with Gasteiger partial charge in [0.1, 0.15) is 0 Å². The Labute approximate surface area is 131 Å². The number of halogens is 3. The minimum atomic E-state index is -2.79. The number of fused-ring (bicyclic) bond motifs is 2. The van der Waals surface area contributed by atoms with Crippen LogP contribution in [0.3, 0.4) is 0 Å². The van der Waals surface area contributed by atoms with Crippen molar-refractivity contribution in [1.29, 1.82) is 0 Å². The average Bonchev–Trinajstić information content (AvgIpc) is 3.11. The molecule has 1 aliphatic carbocycles. The maximum absolute atomic E-state index is 13.5. The molecule has 1 aliphatic heterocycles. The quantitative estimate of drug-likeness (QED) is 0.801. The van der Waals surface area contributed by atoms with Crippen LogP contribution >= 0.6 is 11.6 Å². The van der Waals surface area contributed by atoms with Gasteiger partial charge in [0.15, 0.2) is 0 Å². The normalized spacial score (nSPS) is 29.2. The number of esters is 1. The summed E-state index contributed by atoms with van der Waals surface area (Å²) in [5, 5.41) is 0.299. The number of anilines is 1. The number of carbonyl (C=O) groups is 2. The predicted octanol–water partition coefficient (Wildman–Crippen LogP) is 2.63. The summed E-state index contributed by atoms with van der Waals surface area (Å²) in [6.45, 7) is 1.67. The second-order valence-corrected chi connectivity index (χ2v) is 5.87. The van der Waals surface area contributed by atoms with Gasteiger partial charge in [-0.3, -0.25) is 9.59 Å². The van der Waals surface area contributed by atoms with E-state index in [1.165, 1.54) is 11.9 Å². The smallest absolute Gasteiger partial charge is 0.310 e. The fourth-order valence-electron chi connectivity index (χ4n) is 3.63. The number of para-hydroxylation sites is 1. The van der Waals surface area contributed by atoms with Gasteiger partial charge in [0.25, 0.3) is 0 Å². The van der Waals surface area contributed by atoms with Crippen LogP contribution in [0.5, 0.6) is 0 Å². The molecular formula is C15H14ClF2NO3. The first kappa shape index (κ1) is 15.2. The highest BCUT2D eigenvalue weighted by Gasteiger charge is 2.80. The molecule has 0 N–H and O–H groups in total. The molecule has 2 aliphatic rings. The first-order valence-corrected chi connectivity index (χ1v) is 7.28. The van der Waals surface area contributed by atoms with Gasteiger partial charge in [-0.2, -0.15) is 0 Å². The lowest BCUT2D eigenvalue weighted by Gasteiger charge is -2.12. The topological polar surface area (TPSA) is 46.6 Å². The Morgan fingerprint density at radius 2 is 2.18 bits per heavy atom. The molecule has 0 radical (unpaired) electrons. The molecule has 1 amide bonds. The molecule has 1 aromatic rings. The van der Waals surface area contributed by atoms with Gasteiger partial charge in [0.2, 0.25) is 12.3 Å². The number of nitrogens with zero attached hydrogens (tertiary/aromatic N) is 1. The van der Waals surface area contributed by atoms with E-state index in [-0.39, 0.29) is 6.61 Å². The SMILES string of the molecule is CCOC(=O)[C@H]1[C@H](C(F)F)[C@]12C(=O)N(C)c1c(Cl)cccc12. The zero-order valence-electron chi connectivity index (χ0n) is 12.0. The van der Waals surface area contributed by atoms with E-state index in [9.17, 15) is 18.4 Å². The number of benzene rings is 1. The Bertz CT molecular complexity index is 666. The van der Waals surface area contributed by atoms with Crippen molar-refractivity contribution in [2.24, 2.45) is 11.8 Å². The minimum Gasteiger partial charge on any atom is -0.466 e. The Hall–Kier alpha value is -1.69. The number of hydrogen-bond donors (Lipinski definition) is 0. The van der Waals surface area contributed by atoms with Gasteiger partial charge in [-0.1, -0.05) is 23.7 Å². The molecule has 4 nitrogen and oxygen atoms in total. The third-order valence-corrected chi connectivity index (χ3v) is 4.81. The Balaban J connectivity index is 2.16. The average molecular weight is 330 g/mol. The lowest BCUT2D eigenvalue weighted by atomic mass is 9.93. The van der Waals surface area contributed by atoms with Crippen LogP contribution < -0.4 is 4.90 Å². The molecule has 0 unspecified atom stereocenters. The summed E-state index contributed by atoms with van der Waals surface area (Å²) < 4.78 is 31.8. The lowest BCUT2D eigenvalue weighted by molar-refractivity contribution is -0.146. The maximum Gasteiger partial charge on any atom is 0.310 e. The predicted molar refractivity (Wildman–Crippen MR) is 76.2 cm³/mol. The zero-order valence-corrected chi connectivity index (χ0v) is 12.7. The molecule has 3 atom stereocenters. The molecule has 1 aromatic carbocycles. The summed E-state index contributed by atoms with van der Waals surface area (Å²) in [7, 11) is 1.48. The standard InChI is InChI=1S/C15H14ClF2NO3/c1-3-22-13(20)10-9(12(17)18)15(10)7-5-4-6-8(16)11(7)19(2)14(15)21/h4-6,9-10,12H,3H2,1-2H3/t9-,10-,15+/m1/s1. The molecule has 0 saturated heterocycles. The monoisotopic (exact) mass is 329 g/mol. The first-order valence-electron chi connectivity index (χ1n) is 6.90. The Kier molecular flexibility index (Phi) is 3.40. The van der Waals surface area contributed by atoms with E-state index in [2.05, 4.69) is 0 Å². The second kappa shape index (κ2) is 4.91. The van der Waals surface area contributed by atoms with Gasteiger partial charge in [-0.05, 0) is 18.6 Å². The Morgan fingerprint density at radius 3 is 2.77 bits per heavy atom. The van der Waals surface area contributed by atoms with Crippen molar-refractivity contribution >= 4 is 29.2 Å². The van der Waals surface area contributed by atoms with Crippen molar-refractivity contribution < 1.29 is 23.1 Å². The van der Waals surface area contributed by atoms with Crippen LogP contribution in [0.15, 0.2) is 18.2 Å². The summed E-state index contributed by atoms with van der Waals surface area (Å²) in [6.07, 6.45) is -2.79. The molecule has 7 heteroatoms. The van der Waals surface area contributed by atoms with Crippen LogP contribution in [0, 0.1) is 11.8 Å². The highest BCUT2D eigenvalue weighted by molar-refractivity contribution is 6.35. The van der Waals surface area contributed by atoms with Gasteiger partial charge >= 0.3 is 5.97 Å². The molecule has 1 heterocycles. The van der Waals surface area contributed by atoms with E-state index in [0.29, 0.717) is 16.3 Å². The third-order valence-electron chi connectivity index (χ3n) is 4.50. The van der Waals surface area contributed by atoms with Gasteiger partial charge < -0.3 is 9.64 Å².